The summed E-state index contributed by atoms with van der Waals surface area (Å²) in [5.41, 5.74) is 3.12. The number of Topliss-reactive ketones (excluding diaryl/α,β-unsaturated/α-hetero) is 1. The molecule has 0 spiro atoms. The molecule has 7 nitrogen and oxygen atoms in total. The standard InChI is InChI=1S/C31H33FN4O3S/c1-3-13-36(31(38)33-4-2)19-22-7-9-25(35-18-22)29-17-26-30(40-29)28(11-12-34-26)39-27-10-8-21(16-24(27)32)15-23(37)14-20-5-6-20/h7-12,16-18,20H,3-6,13-15,19H2,1-2H3,(H,33,38). The number of carbonyl (C=O) groups excluding carboxylic acids is 2. The van der Waals surface area contributed by atoms with Gasteiger partial charge in [-0.05, 0) is 67.5 Å². The number of aromatic nitrogens is 2. The molecule has 1 saturated carbocycles. The van der Waals surface area contributed by atoms with Crippen molar-refractivity contribution in [2.45, 2.75) is 52.5 Å². The Balaban J connectivity index is 1.30. The normalized spacial score (nSPS) is 12.9. The highest BCUT2D eigenvalue weighted by Crippen LogP contribution is 2.39. The molecule has 0 bridgehead atoms. The van der Waals surface area contributed by atoms with E-state index in [1.807, 2.05) is 32.0 Å². The van der Waals surface area contributed by atoms with E-state index in [4.69, 9.17) is 4.74 Å². The summed E-state index contributed by atoms with van der Waals surface area (Å²) in [6.07, 6.45) is 7.37. The number of hydrogen-bond acceptors (Lipinski definition) is 6. The lowest BCUT2D eigenvalue weighted by Crippen LogP contribution is -2.39. The maximum absolute atomic E-state index is 14.9. The van der Waals surface area contributed by atoms with Crippen molar-refractivity contribution in [2.24, 2.45) is 5.92 Å². The van der Waals surface area contributed by atoms with Gasteiger partial charge >= 0.3 is 6.03 Å². The Kier molecular flexibility index (Phi) is 8.69. The third-order valence-electron chi connectivity index (χ3n) is 6.77. The van der Waals surface area contributed by atoms with Crippen molar-refractivity contribution in [1.82, 2.24) is 20.2 Å². The Morgan fingerprint density at radius 1 is 1.07 bits per heavy atom. The number of benzene rings is 1. The highest BCUT2D eigenvalue weighted by molar-refractivity contribution is 7.22. The van der Waals surface area contributed by atoms with Crippen LogP contribution in [0.1, 0.15) is 50.7 Å². The summed E-state index contributed by atoms with van der Waals surface area (Å²) in [5.74, 6) is 0.784. The fourth-order valence-electron chi connectivity index (χ4n) is 4.59. The largest absolute Gasteiger partial charge is 0.453 e. The second-order valence-corrected chi connectivity index (χ2v) is 11.2. The van der Waals surface area contributed by atoms with Gasteiger partial charge in [0.2, 0.25) is 0 Å². The molecule has 9 heteroatoms. The molecule has 2 amide bonds. The summed E-state index contributed by atoms with van der Waals surface area (Å²) in [6.45, 7) is 5.69. The Hall–Kier alpha value is -3.85. The van der Waals surface area contributed by atoms with Crippen LogP contribution >= 0.6 is 11.3 Å². The number of pyridine rings is 2. The molecule has 4 aromatic rings. The van der Waals surface area contributed by atoms with E-state index in [2.05, 4.69) is 15.3 Å². The number of urea groups is 1. The lowest BCUT2D eigenvalue weighted by atomic mass is 10.0. The first-order chi connectivity index (χ1) is 19.4. The predicted octanol–water partition coefficient (Wildman–Crippen LogP) is 7.14. The summed E-state index contributed by atoms with van der Waals surface area (Å²) in [5, 5.41) is 2.86. The molecule has 1 aliphatic carbocycles. The monoisotopic (exact) mass is 560 g/mol. The van der Waals surface area contributed by atoms with Gasteiger partial charge in [-0.1, -0.05) is 19.1 Å². The number of halogens is 1. The number of ether oxygens (including phenoxy) is 1. The topological polar surface area (TPSA) is 84.4 Å². The predicted molar refractivity (Wildman–Crippen MR) is 155 cm³/mol. The van der Waals surface area contributed by atoms with Crippen LogP contribution in [0.3, 0.4) is 0 Å². The maximum Gasteiger partial charge on any atom is 0.317 e. The Bertz CT molecular complexity index is 1500. The fourth-order valence-corrected chi connectivity index (χ4v) is 5.63. The van der Waals surface area contributed by atoms with Crippen LogP contribution in [0.5, 0.6) is 11.5 Å². The van der Waals surface area contributed by atoms with E-state index >= 15 is 0 Å². The summed E-state index contributed by atoms with van der Waals surface area (Å²) in [4.78, 5) is 36.3. The van der Waals surface area contributed by atoms with Crippen LogP contribution in [0, 0.1) is 11.7 Å². The SMILES string of the molecule is CCCN(Cc1ccc(-c2cc3nccc(Oc4ccc(CC(=O)CC5CC5)cc4F)c3s2)nc1)C(=O)NCC. The number of carbonyl (C=O) groups is 2. The quantitative estimate of drug-likeness (QED) is 0.199. The summed E-state index contributed by atoms with van der Waals surface area (Å²) in [7, 11) is 0. The van der Waals surface area contributed by atoms with E-state index < -0.39 is 5.82 Å². The molecule has 0 atom stereocenters. The highest BCUT2D eigenvalue weighted by Gasteiger charge is 2.24. The zero-order valence-electron chi connectivity index (χ0n) is 22.8. The minimum Gasteiger partial charge on any atom is -0.453 e. The van der Waals surface area contributed by atoms with Crippen LogP contribution in [0.4, 0.5) is 9.18 Å². The molecule has 5 rings (SSSR count). The molecule has 0 saturated heterocycles. The van der Waals surface area contributed by atoms with Gasteiger partial charge in [0.05, 0.1) is 20.8 Å². The fraction of sp³-hybridized carbons (Fsp3) is 0.355. The van der Waals surface area contributed by atoms with Gasteiger partial charge in [-0.2, -0.15) is 0 Å². The van der Waals surface area contributed by atoms with Gasteiger partial charge < -0.3 is 15.0 Å². The zero-order chi connectivity index (χ0) is 28.1. The molecule has 3 heterocycles. The summed E-state index contributed by atoms with van der Waals surface area (Å²) in [6, 6.07) is 12.2. The number of hydrogen-bond donors (Lipinski definition) is 1. The lowest BCUT2D eigenvalue weighted by molar-refractivity contribution is -0.118. The zero-order valence-corrected chi connectivity index (χ0v) is 23.6. The second kappa shape index (κ2) is 12.6. The number of rotatable bonds is 12. The van der Waals surface area contributed by atoms with Crippen molar-refractivity contribution in [1.29, 1.82) is 0 Å². The van der Waals surface area contributed by atoms with Gasteiger partial charge in [-0.15, -0.1) is 11.3 Å². The third-order valence-corrected chi connectivity index (χ3v) is 7.93. The van der Waals surface area contributed by atoms with E-state index in [1.54, 1.807) is 35.5 Å². The molecule has 208 valence electrons. The van der Waals surface area contributed by atoms with Gasteiger partial charge in [-0.3, -0.25) is 14.8 Å². The molecule has 1 N–H and O–H groups in total. The number of nitrogens with zero attached hydrogens (tertiary/aromatic N) is 3. The van der Waals surface area contributed by atoms with Crippen LogP contribution in [-0.4, -0.2) is 39.8 Å². The summed E-state index contributed by atoms with van der Waals surface area (Å²) >= 11 is 1.47. The van der Waals surface area contributed by atoms with Crippen LogP contribution in [0.15, 0.2) is 54.9 Å². The van der Waals surface area contributed by atoms with Gasteiger partial charge in [-0.25, -0.2) is 9.18 Å². The maximum atomic E-state index is 14.9. The minimum atomic E-state index is -0.500. The molecule has 1 fully saturated rings. The minimum absolute atomic E-state index is 0.0790. The number of amides is 2. The van der Waals surface area contributed by atoms with Crippen LogP contribution in [0.25, 0.3) is 20.8 Å². The van der Waals surface area contributed by atoms with E-state index in [-0.39, 0.29) is 24.0 Å². The number of nitrogens with one attached hydrogen (secondary N) is 1. The average Bonchev–Trinajstić information content (AvgIpc) is 3.64. The average molecular weight is 561 g/mol. The Morgan fingerprint density at radius 3 is 2.60 bits per heavy atom. The van der Waals surface area contributed by atoms with Crippen molar-refractivity contribution in [2.75, 3.05) is 13.1 Å². The molecule has 1 aromatic carbocycles. The van der Waals surface area contributed by atoms with Gasteiger partial charge in [0, 0.05) is 50.9 Å². The van der Waals surface area contributed by atoms with E-state index in [0.717, 1.165) is 45.6 Å². The summed E-state index contributed by atoms with van der Waals surface area (Å²) < 4.78 is 21.7. The van der Waals surface area contributed by atoms with Crippen molar-refractivity contribution >= 4 is 33.4 Å². The molecule has 3 aromatic heterocycles. The van der Waals surface area contributed by atoms with Crippen LogP contribution in [-0.2, 0) is 17.8 Å². The van der Waals surface area contributed by atoms with E-state index in [0.29, 0.717) is 43.3 Å². The van der Waals surface area contributed by atoms with Crippen LogP contribution in [0.2, 0.25) is 0 Å². The molecule has 0 unspecified atom stereocenters. The molecule has 0 aliphatic heterocycles. The first-order valence-corrected chi connectivity index (χ1v) is 14.6. The van der Waals surface area contributed by atoms with E-state index in [1.165, 1.54) is 17.4 Å². The first-order valence-electron chi connectivity index (χ1n) is 13.8. The number of thiophene rings is 1. The highest BCUT2D eigenvalue weighted by atomic mass is 32.1. The lowest BCUT2D eigenvalue weighted by Gasteiger charge is -2.22. The first kappa shape index (κ1) is 27.7. The van der Waals surface area contributed by atoms with Crippen molar-refractivity contribution < 1.29 is 18.7 Å². The smallest absolute Gasteiger partial charge is 0.317 e. The van der Waals surface area contributed by atoms with E-state index in [9.17, 15) is 14.0 Å². The number of fused-ring (bicyclic) bond motifs is 1. The van der Waals surface area contributed by atoms with Gasteiger partial charge in [0.25, 0.3) is 0 Å². The van der Waals surface area contributed by atoms with Crippen molar-refractivity contribution in [3.05, 3.63) is 71.8 Å². The Labute approximate surface area is 237 Å². The molecule has 40 heavy (non-hydrogen) atoms. The third kappa shape index (κ3) is 6.83. The van der Waals surface area contributed by atoms with Crippen molar-refractivity contribution in [3.8, 4) is 22.1 Å². The van der Waals surface area contributed by atoms with Gasteiger partial charge in [0.1, 0.15) is 11.5 Å². The van der Waals surface area contributed by atoms with Crippen molar-refractivity contribution in [3.63, 3.8) is 0 Å². The molecule has 1 aliphatic rings. The van der Waals surface area contributed by atoms with Gasteiger partial charge in [0.15, 0.2) is 11.6 Å². The Morgan fingerprint density at radius 2 is 1.90 bits per heavy atom. The molecular weight excluding hydrogens is 527 g/mol. The number of ketones is 1. The second-order valence-electron chi connectivity index (χ2n) is 10.2. The molecule has 0 radical (unpaired) electrons. The van der Waals surface area contributed by atoms with Crippen LogP contribution < -0.4 is 10.1 Å². The molecular formula is C31H33FN4O3S.